The lowest BCUT2D eigenvalue weighted by molar-refractivity contribution is 0.373. The number of methoxy groups -OCH3 is 1. The molecule has 0 atom stereocenters. The van der Waals surface area contributed by atoms with Gasteiger partial charge in [-0.15, -0.1) is 0 Å². The van der Waals surface area contributed by atoms with E-state index in [0.717, 1.165) is 4.47 Å². The van der Waals surface area contributed by atoms with Crippen LogP contribution in [-0.4, -0.2) is 28.1 Å². The number of nitrogens with zero attached hydrogens (tertiary/aromatic N) is 3. The van der Waals surface area contributed by atoms with Gasteiger partial charge in [0.2, 0.25) is 0 Å². The molecule has 2 aromatic carbocycles. The molecule has 0 amide bonds. The molecule has 0 saturated heterocycles. The monoisotopic (exact) mass is 541 g/mol. The molecule has 0 fully saturated rings. The number of phenols is 1. The number of hydrogen-bond acceptors (Lipinski definition) is 5. The standard InChI is InChI=1S/C20H18Br2ClN3O3/c1-20(2,3)19-25-13-6-5-11(21)8-12(13)18(28)26(19)24-9-10-7-14(29-4)17(27)16(23)15(10)22/h5-9,27H,1-4H3. The summed E-state index contributed by atoms with van der Waals surface area (Å²) in [7, 11) is 1.42. The van der Waals surface area contributed by atoms with Crippen LogP contribution in [0.5, 0.6) is 11.5 Å². The lowest BCUT2D eigenvalue weighted by Crippen LogP contribution is -2.29. The summed E-state index contributed by atoms with van der Waals surface area (Å²) in [6.45, 7) is 5.88. The average Bonchev–Trinajstić information content (AvgIpc) is 2.66. The quantitative estimate of drug-likeness (QED) is 0.445. The zero-order valence-electron chi connectivity index (χ0n) is 16.1. The molecule has 0 aliphatic carbocycles. The number of rotatable bonds is 3. The van der Waals surface area contributed by atoms with E-state index in [9.17, 15) is 9.90 Å². The highest BCUT2D eigenvalue weighted by atomic mass is 79.9. The van der Waals surface area contributed by atoms with E-state index in [0.29, 0.717) is 26.8 Å². The van der Waals surface area contributed by atoms with Crippen molar-refractivity contribution in [3.05, 3.63) is 60.0 Å². The van der Waals surface area contributed by atoms with Gasteiger partial charge in [-0.1, -0.05) is 48.3 Å². The van der Waals surface area contributed by atoms with Crippen LogP contribution in [0.3, 0.4) is 0 Å². The fourth-order valence-corrected chi connectivity index (χ4v) is 3.69. The van der Waals surface area contributed by atoms with Gasteiger partial charge in [0.1, 0.15) is 10.8 Å². The van der Waals surface area contributed by atoms with E-state index >= 15 is 0 Å². The second kappa shape index (κ2) is 8.08. The molecule has 3 aromatic rings. The van der Waals surface area contributed by atoms with Gasteiger partial charge in [-0.25, -0.2) is 4.98 Å². The summed E-state index contributed by atoms with van der Waals surface area (Å²) >= 11 is 12.9. The summed E-state index contributed by atoms with van der Waals surface area (Å²) in [5.74, 6) is 0.535. The minimum Gasteiger partial charge on any atom is -0.503 e. The minimum atomic E-state index is -0.431. The maximum Gasteiger partial charge on any atom is 0.282 e. The molecule has 0 radical (unpaired) electrons. The molecule has 0 saturated carbocycles. The second-order valence-corrected chi connectivity index (χ2v) is 9.44. The van der Waals surface area contributed by atoms with Gasteiger partial charge < -0.3 is 9.84 Å². The fraction of sp³-hybridized carbons (Fsp3) is 0.250. The zero-order chi connectivity index (χ0) is 21.5. The first-order valence-corrected chi connectivity index (χ1v) is 10.5. The predicted molar refractivity (Wildman–Crippen MR) is 123 cm³/mol. The number of aromatic nitrogens is 2. The fourth-order valence-electron chi connectivity index (χ4n) is 2.72. The molecule has 0 aliphatic heterocycles. The van der Waals surface area contributed by atoms with Crippen molar-refractivity contribution in [2.24, 2.45) is 5.10 Å². The maximum absolute atomic E-state index is 13.2. The molecule has 3 rings (SSSR count). The van der Waals surface area contributed by atoms with E-state index in [1.165, 1.54) is 18.0 Å². The van der Waals surface area contributed by atoms with Crippen LogP contribution in [0.15, 0.2) is 43.1 Å². The van der Waals surface area contributed by atoms with E-state index in [-0.39, 0.29) is 22.1 Å². The number of halogens is 3. The van der Waals surface area contributed by atoms with Crippen LogP contribution in [0.2, 0.25) is 5.02 Å². The molecule has 152 valence electrons. The molecule has 0 unspecified atom stereocenters. The predicted octanol–water partition coefficient (Wildman–Crippen LogP) is 5.47. The van der Waals surface area contributed by atoms with Crippen LogP contribution in [0.1, 0.15) is 32.2 Å². The molecule has 6 nitrogen and oxygen atoms in total. The number of fused-ring (bicyclic) bond motifs is 1. The first kappa shape index (κ1) is 21.8. The third-order valence-corrected chi connectivity index (χ3v) is 6.13. The van der Waals surface area contributed by atoms with Crippen molar-refractivity contribution in [3.8, 4) is 11.5 Å². The second-order valence-electron chi connectivity index (χ2n) is 7.35. The molecule has 1 N–H and O–H groups in total. The lowest BCUT2D eigenvalue weighted by Gasteiger charge is -2.21. The van der Waals surface area contributed by atoms with Gasteiger partial charge in [0.15, 0.2) is 11.5 Å². The van der Waals surface area contributed by atoms with Crippen LogP contribution in [0.25, 0.3) is 10.9 Å². The number of phenolic OH excluding ortho intramolecular Hbond substituents is 1. The topological polar surface area (TPSA) is 76.7 Å². The SMILES string of the molecule is COc1cc(C=Nn2c(C(C)(C)C)nc3ccc(Br)cc3c2=O)c(Br)c(Cl)c1O. The Balaban J connectivity index is 2.26. The summed E-state index contributed by atoms with van der Waals surface area (Å²) in [4.78, 5) is 17.9. The zero-order valence-corrected chi connectivity index (χ0v) is 20.1. The summed E-state index contributed by atoms with van der Waals surface area (Å²) in [6, 6.07) is 6.93. The first-order chi connectivity index (χ1) is 13.5. The number of hydrogen-bond donors (Lipinski definition) is 1. The molecule has 0 spiro atoms. The highest BCUT2D eigenvalue weighted by Gasteiger charge is 2.23. The highest BCUT2D eigenvalue weighted by molar-refractivity contribution is 9.10. The van der Waals surface area contributed by atoms with Gasteiger partial charge in [0.05, 0.1) is 24.2 Å². The Morgan fingerprint density at radius 3 is 2.59 bits per heavy atom. The maximum atomic E-state index is 13.2. The number of aromatic hydroxyl groups is 1. The van der Waals surface area contributed by atoms with Crippen molar-refractivity contribution in [2.45, 2.75) is 26.2 Å². The Morgan fingerprint density at radius 2 is 1.97 bits per heavy atom. The summed E-state index contributed by atoms with van der Waals surface area (Å²) < 4.78 is 7.64. The average molecular weight is 544 g/mol. The molecular weight excluding hydrogens is 525 g/mol. The third-order valence-electron chi connectivity index (χ3n) is 4.19. The van der Waals surface area contributed by atoms with Gasteiger partial charge in [-0.3, -0.25) is 4.79 Å². The molecular formula is C20H18Br2ClN3O3. The van der Waals surface area contributed by atoms with Crippen LogP contribution >= 0.6 is 43.5 Å². The van der Waals surface area contributed by atoms with Crippen LogP contribution in [0.4, 0.5) is 0 Å². The van der Waals surface area contributed by atoms with Crippen molar-refractivity contribution in [1.82, 2.24) is 9.66 Å². The smallest absolute Gasteiger partial charge is 0.282 e. The Labute approximate surface area is 189 Å². The molecule has 9 heteroatoms. The number of benzene rings is 2. The molecule has 29 heavy (non-hydrogen) atoms. The minimum absolute atomic E-state index is 0.0924. The van der Waals surface area contributed by atoms with Gasteiger partial charge in [-0.05, 0) is 40.2 Å². The van der Waals surface area contributed by atoms with E-state index in [4.69, 9.17) is 16.3 Å². The molecule has 1 heterocycles. The Bertz CT molecular complexity index is 1200. The van der Waals surface area contributed by atoms with Crippen molar-refractivity contribution >= 4 is 60.6 Å². The van der Waals surface area contributed by atoms with Crippen molar-refractivity contribution in [3.63, 3.8) is 0 Å². The van der Waals surface area contributed by atoms with Gasteiger partial charge in [-0.2, -0.15) is 9.78 Å². The summed E-state index contributed by atoms with van der Waals surface area (Å²) in [6.07, 6.45) is 1.47. The van der Waals surface area contributed by atoms with Crippen LogP contribution in [0, 0.1) is 0 Å². The number of ether oxygens (including phenoxy) is 1. The van der Waals surface area contributed by atoms with E-state index in [1.54, 1.807) is 18.2 Å². The Hall–Kier alpha value is -1.90. The normalized spacial score (nSPS) is 12.1. The van der Waals surface area contributed by atoms with Crippen LogP contribution in [-0.2, 0) is 5.41 Å². The first-order valence-electron chi connectivity index (χ1n) is 8.56. The molecule has 1 aromatic heterocycles. The van der Waals surface area contributed by atoms with Crippen molar-refractivity contribution in [1.29, 1.82) is 0 Å². The highest BCUT2D eigenvalue weighted by Crippen LogP contribution is 2.41. The van der Waals surface area contributed by atoms with Gasteiger partial charge in [0, 0.05) is 19.9 Å². The van der Waals surface area contributed by atoms with E-state index in [2.05, 4.69) is 41.9 Å². The molecule has 0 bridgehead atoms. The van der Waals surface area contributed by atoms with Crippen molar-refractivity contribution < 1.29 is 9.84 Å². The Kier molecular flexibility index (Phi) is 6.08. The van der Waals surface area contributed by atoms with E-state index in [1.807, 2.05) is 26.8 Å². The largest absolute Gasteiger partial charge is 0.503 e. The summed E-state index contributed by atoms with van der Waals surface area (Å²) in [5, 5.41) is 15.0. The van der Waals surface area contributed by atoms with Crippen molar-refractivity contribution in [2.75, 3.05) is 7.11 Å². The van der Waals surface area contributed by atoms with Crippen LogP contribution < -0.4 is 10.3 Å². The third kappa shape index (κ3) is 4.20. The van der Waals surface area contributed by atoms with E-state index < -0.39 is 5.41 Å². The molecule has 0 aliphatic rings. The Morgan fingerprint density at radius 1 is 1.28 bits per heavy atom. The summed E-state index contributed by atoms with van der Waals surface area (Å²) in [5.41, 5.74) is 0.417. The lowest BCUT2D eigenvalue weighted by atomic mass is 9.95. The van der Waals surface area contributed by atoms with Gasteiger partial charge in [0.25, 0.3) is 5.56 Å². The van der Waals surface area contributed by atoms with Gasteiger partial charge >= 0.3 is 0 Å².